The zero-order valence-corrected chi connectivity index (χ0v) is 16.0. The molecule has 2 atom stereocenters. The van der Waals surface area contributed by atoms with Gasteiger partial charge in [-0.05, 0) is 18.9 Å². The molecule has 1 aromatic heterocycles. The van der Waals surface area contributed by atoms with Crippen molar-refractivity contribution in [3.63, 3.8) is 0 Å². The van der Waals surface area contributed by atoms with Crippen molar-refractivity contribution in [2.75, 3.05) is 13.2 Å². The lowest BCUT2D eigenvalue weighted by Crippen LogP contribution is -2.59. The number of hydrogen-bond donors (Lipinski definition) is 2. The SMILES string of the molecule is O=C(CN1CNC2CCCCC2C1=O)NCc1nc2ccc([N+](=O)[O-])cc2s1. The highest BCUT2D eigenvalue weighted by molar-refractivity contribution is 7.18. The molecule has 1 aliphatic heterocycles. The first kappa shape index (κ1) is 18.8. The number of thiazole rings is 1. The minimum Gasteiger partial charge on any atom is -0.348 e. The van der Waals surface area contributed by atoms with E-state index in [4.69, 9.17) is 0 Å². The Bertz CT molecular complexity index is 930. The molecule has 28 heavy (non-hydrogen) atoms. The van der Waals surface area contributed by atoms with Gasteiger partial charge in [0.2, 0.25) is 11.8 Å². The van der Waals surface area contributed by atoms with E-state index in [1.54, 1.807) is 11.0 Å². The van der Waals surface area contributed by atoms with Crippen LogP contribution in [0.3, 0.4) is 0 Å². The Kier molecular flexibility index (Phi) is 5.23. The molecule has 2 fully saturated rings. The van der Waals surface area contributed by atoms with Crippen LogP contribution in [0, 0.1) is 16.0 Å². The largest absolute Gasteiger partial charge is 0.348 e. The average molecular weight is 403 g/mol. The Morgan fingerprint density at radius 1 is 1.39 bits per heavy atom. The van der Waals surface area contributed by atoms with E-state index < -0.39 is 4.92 Å². The normalized spacial score (nSPS) is 22.1. The Labute approximate surface area is 165 Å². The predicted molar refractivity (Wildman–Crippen MR) is 104 cm³/mol. The van der Waals surface area contributed by atoms with E-state index in [1.807, 2.05) is 0 Å². The number of rotatable bonds is 5. The number of nitro groups is 1. The molecule has 2 amide bonds. The molecule has 1 saturated carbocycles. The van der Waals surface area contributed by atoms with Gasteiger partial charge in [0.1, 0.15) is 11.6 Å². The second-order valence-electron chi connectivity index (χ2n) is 7.19. The van der Waals surface area contributed by atoms with E-state index in [9.17, 15) is 19.7 Å². The molecule has 4 rings (SSSR count). The van der Waals surface area contributed by atoms with E-state index in [-0.39, 0.29) is 42.6 Å². The van der Waals surface area contributed by atoms with E-state index in [0.29, 0.717) is 21.9 Å². The number of aromatic nitrogens is 1. The highest BCUT2D eigenvalue weighted by atomic mass is 32.1. The number of hydrogen-bond acceptors (Lipinski definition) is 7. The van der Waals surface area contributed by atoms with Gasteiger partial charge in [0.25, 0.3) is 5.69 Å². The highest BCUT2D eigenvalue weighted by Crippen LogP contribution is 2.29. The van der Waals surface area contributed by atoms with Crippen LogP contribution in [0.2, 0.25) is 0 Å². The molecule has 2 aromatic rings. The van der Waals surface area contributed by atoms with E-state index in [1.165, 1.54) is 23.5 Å². The molecule has 2 aliphatic rings. The third-order valence-electron chi connectivity index (χ3n) is 5.34. The molecular weight excluding hydrogens is 382 g/mol. The summed E-state index contributed by atoms with van der Waals surface area (Å²) in [7, 11) is 0. The van der Waals surface area contributed by atoms with Gasteiger partial charge in [-0.3, -0.25) is 25.0 Å². The molecule has 2 unspecified atom stereocenters. The van der Waals surface area contributed by atoms with Crippen LogP contribution in [0.15, 0.2) is 18.2 Å². The van der Waals surface area contributed by atoms with E-state index >= 15 is 0 Å². The fraction of sp³-hybridized carbons (Fsp3) is 0.500. The molecule has 2 N–H and O–H groups in total. The molecule has 1 aromatic carbocycles. The Balaban J connectivity index is 1.33. The summed E-state index contributed by atoms with van der Waals surface area (Å²) < 4.78 is 0.706. The maximum Gasteiger partial charge on any atom is 0.270 e. The lowest BCUT2D eigenvalue weighted by atomic mass is 9.82. The molecule has 2 heterocycles. The average Bonchev–Trinajstić information content (AvgIpc) is 3.11. The lowest BCUT2D eigenvalue weighted by molar-refractivity contribution is -0.384. The minimum atomic E-state index is -0.443. The standard InChI is InChI=1S/C18H21N5O4S/c24-16(9-22-10-20-13-4-2-1-3-12(13)18(22)25)19-8-17-21-14-6-5-11(23(26)27)7-15(14)28-17/h5-7,12-13,20H,1-4,8-10H2,(H,19,24). The van der Waals surface area contributed by atoms with Gasteiger partial charge in [0.05, 0.1) is 34.3 Å². The van der Waals surface area contributed by atoms with E-state index in [0.717, 1.165) is 25.7 Å². The number of nitrogens with zero attached hydrogens (tertiary/aromatic N) is 3. The fourth-order valence-electron chi connectivity index (χ4n) is 3.90. The van der Waals surface area contributed by atoms with Gasteiger partial charge in [-0.15, -0.1) is 11.3 Å². The summed E-state index contributed by atoms with van der Waals surface area (Å²) in [6.45, 7) is 0.650. The fourth-order valence-corrected chi connectivity index (χ4v) is 4.84. The number of fused-ring (bicyclic) bond motifs is 2. The molecule has 10 heteroatoms. The van der Waals surface area contributed by atoms with Crippen LogP contribution < -0.4 is 10.6 Å². The summed E-state index contributed by atoms with van der Waals surface area (Å²) in [6, 6.07) is 4.75. The van der Waals surface area contributed by atoms with Crippen molar-refractivity contribution in [2.24, 2.45) is 5.92 Å². The maximum absolute atomic E-state index is 12.6. The number of carbonyl (C=O) groups excluding carboxylic acids is 2. The summed E-state index contributed by atoms with van der Waals surface area (Å²) in [5.41, 5.74) is 0.683. The summed E-state index contributed by atoms with van der Waals surface area (Å²) >= 11 is 1.31. The van der Waals surface area contributed by atoms with Crippen molar-refractivity contribution >= 4 is 39.1 Å². The van der Waals surface area contributed by atoms with Crippen LogP contribution in [-0.4, -0.2) is 45.9 Å². The van der Waals surface area contributed by atoms with Crippen molar-refractivity contribution in [3.05, 3.63) is 33.3 Å². The van der Waals surface area contributed by atoms with Gasteiger partial charge < -0.3 is 10.2 Å². The Hall–Kier alpha value is -2.59. The van der Waals surface area contributed by atoms with Crippen molar-refractivity contribution in [3.8, 4) is 0 Å². The number of nitro benzene ring substituents is 1. The molecule has 0 bridgehead atoms. The van der Waals surface area contributed by atoms with Crippen molar-refractivity contribution in [1.82, 2.24) is 20.5 Å². The molecule has 0 radical (unpaired) electrons. The zero-order valence-electron chi connectivity index (χ0n) is 15.2. The van der Waals surface area contributed by atoms with E-state index in [2.05, 4.69) is 15.6 Å². The van der Waals surface area contributed by atoms with Gasteiger partial charge in [-0.25, -0.2) is 4.98 Å². The van der Waals surface area contributed by atoms with Gasteiger partial charge in [0.15, 0.2) is 0 Å². The van der Waals surface area contributed by atoms with Crippen molar-refractivity contribution in [1.29, 1.82) is 0 Å². The third-order valence-corrected chi connectivity index (χ3v) is 6.36. The molecule has 1 aliphatic carbocycles. The zero-order chi connectivity index (χ0) is 19.7. The van der Waals surface area contributed by atoms with Crippen molar-refractivity contribution < 1.29 is 14.5 Å². The summed E-state index contributed by atoms with van der Waals surface area (Å²) in [5.74, 6) is -0.198. The smallest absolute Gasteiger partial charge is 0.270 e. The van der Waals surface area contributed by atoms with Crippen LogP contribution in [0.5, 0.6) is 0 Å². The van der Waals surface area contributed by atoms with Crippen LogP contribution in [0.4, 0.5) is 5.69 Å². The first-order valence-electron chi connectivity index (χ1n) is 9.34. The molecule has 1 saturated heterocycles. The summed E-state index contributed by atoms with van der Waals surface area (Å²) in [4.78, 5) is 41.3. The minimum absolute atomic E-state index is 0.0175. The van der Waals surface area contributed by atoms with Crippen LogP contribution in [0.25, 0.3) is 10.2 Å². The summed E-state index contributed by atoms with van der Waals surface area (Å²) in [5, 5.41) is 17.7. The Morgan fingerprint density at radius 3 is 3.04 bits per heavy atom. The maximum atomic E-state index is 12.6. The van der Waals surface area contributed by atoms with Crippen LogP contribution in [0.1, 0.15) is 30.7 Å². The molecular formula is C18H21N5O4S. The summed E-state index contributed by atoms with van der Waals surface area (Å²) in [6.07, 6.45) is 4.11. The number of nitrogens with one attached hydrogen (secondary N) is 2. The van der Waals surface area contributed by atoms with Gasteiger partial charge in [0, 0.05) is 18.2 Å². The second kappa shape index (κ2) is 7.80. The topological polar surface area (TPSA) is 117 Å². The lowest BCUT2D eigenvalue weighted by Gasteiger charge is -2.40. The molecule has 148 valence electrons. The third kappa shape index (κ3) is 3.83. The number of amides is 2. The predicted octanol–water partition coefficient (Wildman–Crippen LogP) is 1.77. The first-order chi connectivity index (χ1) is 13.5. The second-order valence-corrected chi connectivity index (χ2v) is 8.30. The quantitative estimate of drug-likeness (QED) is 0.580. The van der Waals surface area contributed by atoms with Gasteiger partial charge >= 0.3 is 0 Å². The highest BCUT2D eigenvalue weighted by Gasteiger charge is 2.37. The Morgan fingerprint density at radius 2 is 2.21 bits per heavy atom. The number of non-ortho nitro benzene ring substituents is 1. The van der Waals surface area contributed by atoms with Crippen molar-refractivity contribution in [2.45, 2.75) is 38.3 Å². The monoisotopic (exact) mass is 403 g/mol. The first-order valence-corrected chi connectivity index (χ1v) is 10.2. The number of carbonyl (C=O) groups is 2. The van der Waals surface area contributed by atoms with Crippen LogP contribution >= 0.6 is 11.3 Å². The van der Waals surface area contributed by atoms with Gasteiger partial charge in [-0.2, -0.15) is 0 Å². The molecule has 0 spiro atoms. The molecule has 9 nitrogen and oxygen atoms in total. The van der Waals surface area contributed by atoms with Crippen LogP contribution in [-0.2, 0) is 16.1 Å². The number of benzene rings is 1. The van der Waals surface area contributed by atoms with Gasteiger partial charge in [-0.1, -0.05) is 12.8 Å².